The van der Waals surface area contributed by atoms with Crippen molar-refractivity contribution in [2.24, 2.45) is 4.99 Å². The van der Waals surface area contributed by atoms with Gasteiger partial charge in [0.2, 0.25) is 5.88 Å². The number of benzene rings is 1. The third-order valence-electron chi connectivity index (χ3n) is 5.46. The van der Waals surface area contributed by atoms with Gasteiger partial charge < -0.3 is 10.5 Å². The summed E-state index contributed by atoms with van der Waals surface area (Å²) in [6, 6.07) is 6.25. The predicted octanol–water partition coefficient (Wildman–Crippen LogP) is 5.36. The maximum Gasteiger partial charge on any atom is 0.246 e. The van der Waals surface area contributed by atoms with E-state index in [-0.39, 0.29) is 0 Å². The van der Waals surface area contributed by atoms with Gasteiger partial charge in [0, 0.05) is 10.6 Å². The molecule has 0 bridgehead atoms. The average Bonchev–Trinajstić information content (AvgIpc) is 2.61. The molecule has 2 aliphatic rings. The van der Waals surface area contributed by atoms with E-state index in [0.29, 0.717) is 29.1 Å². The molecule has 0 radical (unpaired) electrons. The number of anilines is 1. The number of aliphatic imine (C=N–C) groups is 1. The largest absolute Gasteiger partial charge is 0.463 e. The Morgan fingerprint density at radius 1 is 1.15 bits per heavy atom. The van der Waals surface area contributed by atoms with E-state index in [4.69, 9.17) is 27.1 Å². The minimum atomic E-state index is -0.643. The van der Waals surface area contributed by atoms with Crippen LogP contribution in [-0.2, 0) is 0 Å². The fourth-order valence-corrected chi connectivity index (χ4v) is 4.44. The molecule has 1 fully saturated rings. The third-order valence-corrected chi connectivity index (χ3v) is 5.78. The minimum absolute atomic E-state index is 0.329. The molecule has 2 heterocycles. The Morgan fingerprint density at radius 3 is 2.59 bits per heavy atom. The highest BCUT2D eigenvalue weighted by Gasteiger charge is 2.35. The van der Waals surface area contributed by atoms with Crippen molar-refractivity contribution in [3.8, 4) is 5.88 Å². The summed E-state index contributed by atoms with van der Waals surface area (Å²) in [5.41, 5.74) is 8.87. The van der Waals surface area contributed by atoms with E-state index in [1.54, 1.807) is 6.92 Å². The number of nitrogens with zero attached hydrogens (tertiary/aromatic N) is 3. The first-order valence-corrected chi connectivity index (χ1v) is 9.95. The topological polar surface area (TPSA) is 73.4 Å². The molecule has 1 aliphatic carbocycles. The van der Waals surface area contributed by atoms with Crippen LogP contribution in [0, 0.1) is 6.92 Å². The summed E-state index contributed by atoms with van der Waals surface area (Å²) in [5, 5.41) is 0.803. The van der Waals surface area contributed by atoms with Crippen molar-refractivity contribution in [1.29, 1.82) is 0 Å². The number of ether oxygens (including phenoxy) is 1. The van der Waals surface area contributed by atoms with E-state index in [1.165, 1.54) is 37.7 Å². The maximum absolute atomic E-state index is 6.68. The van der Waals surface area contributed by atoms with Gasteiger partial charge in [0.05, 0.1) is 5.71 Å². The van der Waals surface area contributed by atoms with E-state index >= 15 is 0 Å². The Labute approximate surface area is 165 Å². The van der Waals surface area contributed by atoms with E-state index in [1.807, 2.05) is 19.9 Å². The summed E-state index contributed by atoms with van der Waals surface area (Å²) < 4.78 is 6.13. The van der Waals surface area contributed by atoms with E-state index in [9.17, 15) is 0 Å². The van der Waals surface area contributed by atoms with Gasteiger partial charge >= 0.3 is 0 Å². The molecule has 0 saturated heterocycles. The number of halogens is 1. The van der Waals surface area contributed by atoms with Crippen LogP contribution in [0.4, 0.5) is 11.5 Å². The van der Waals surface area contributed by atoms with Crippen LogP contribution in [0.2, 0.25) is 5.02 Å². The number of aryl methyl sites for hydroxylation is 1. The number of hydrogen-bond acceptors (Lipinski definition) is 5. The van der Waals surface area contributed by atoms with Crippen LogP contribution in [0.3, 0.4) is 0 Å². The Morgan fingerprint density at radius 2 is 1.89 bits per heavy atom. The van der Waals surface area contributed by atoms with Gasteiger partial charge in [-0.1, -0.05) is 43.0 Å². The average molecular weight is 385 g/mol. The monoisotopic (exact) mass is 384 g/mol. The van der Waals surface area contributed by atoms with Crippen LogP contribution < -0.4 is 10.5 Å². The van der Waals surface area contributed by atoms with Gasteiger partial charge in [-0.05, 0) is 51.2 Å². The number of aromatic nitrogens is 2. The van der Waals surface area contributed by atoms with E-state index in [2.05, 4.69) is 22.1 Å². The smallest absolute Gasteiger partial charge is 0.246 e. The lowest BCUT2D eigenvalue weighted by Gasteiger charge is -2.32. The molecular formula is C21H25ClN4O. The quantitative estimate of drug-likeness (QED) is 0.756. The first kappa shape index (κ1) is 18.2. The lowest BCUT2D eigenvalue weighted by Crippen LogP contribution is -2.41. The van der Waals surface area contributed by atoms with Gasteiger partial charge in [0.15, 0.2) is 11.5 Å². The molecule has 0 atom stereocenters. The number of nitrogen functional groups attached to an aromatic ring is 1. The van der Waals surface area contributed by atoms with Crippen LogP contribution in [0.5, 0.6) is 5.88 Å². The van der Waals surface area contributed by atoms with Crippen molar-refractivity contribution in [3.05, 3.63) is 40.2 Å². The minimum Gasteiger partial charge on any atom is -0.463 e. The molecule has 1 aromatic heterocycles. The number of rotatable bonds is 2. The number of hydrogen-bond donors (Lipinski definition) is 1. The first-order valence-electron chi connectivity index (χ1n) is 9.57. The van der Waals surface area contributed by atoms with Crippen LogP contribution in [0.1, 0.15) is 68.8 Å². The normalized spacial score (nSPS) is 19.2. The highest BCUT2D eigenvalue weighted by Crippen LogP contribution is 2.41. The van der Waals surface area contributed by atoms with Gasteiger partial charge in [-0.15, -0.1) is 0 Å². The molecule has 1 saturated carbocycles. The number of fused-ring (bicyclic) bond motifs is 1. The molecule has 142 valence electrons. The van der Waals surface area contributed by atoms with Crippen molar-refractivity contribution in [1.82, 2.24) is 9.97 Å². The molecule has 6 heteroatoms. The second kappa shape index (κ2) is 6.79. The molecule has 0 unspecified atom stereocenters. The van der Waals surface area contributed by atoms with Crippen LogP contribution >= 0.6 is 11.6 Å². The van der Waals surface area contributed by atoms with Crippen molar-refractivity contribution < 1.29 is 4.74 Å². The van der Waals surface area contributed by atoms with Crippen LogP contribution in [-0.4, -0.2) is 21.3 Å². The molecule has 0 amide bonds. The van der Waals surface area contributed by atoms with Gasteiger partial charge in [-0.2, -0.15) is 4.98 Å². The van der Waals surface area contributed by atoms with Gasteiger partial charge in [-0.3, -0.25) is 0 Å². The molecule has 4 rings (SSSR count). The van der Waals surface area contributed by atoms with Crippen molar-refractivity contribution >= 4 is 28.8 Å². The van der Waals surface area contributed by atoms with E-state index < -0.39 is 5.60 Å². The summed E-state index contributed by atoms with van der Waals surface area (Å²) in [6.07, 6.45) is 6.33. The molecule has 27 heavy (non-hydrogen) atoms. The fraction of sp³-hybridized carbons (Fsp3) is 0.476. The summed E-state index contributed by atoms with van der Waals surface area (Å²) in [4.78, 5) is 13.3. The Kier molecular flexibility index (Phi) is 4.58. The second-order valence-corrected chi connectivity index (χ2v) is 8.36. The third kappa shape index (κ3) is 3.41. The second-order valence-electron chi connectivity index (χ2n) is 7.95. The molecule has 0 spiro atoms. The highest BCUT2D eigenvalue weighted by molar-refractivity contribution is 6.32. The lowest BCUT2D eigenvalue weighted by atomic mass is 9.83. The Balaban J connectivity index is 1.75. The molecule has 2 aromatic rings. The van der Waals surface area contributed by atoms with Gasteiger partial charge in [-0.25, -0.2) is 9.98 Å². The molecular weight excluding hydrogens is 360 g/mol. The number of nitrogens with two attached hydrogens (primary N) is 1. The van der Waals surface area contributed by atoms with E-state index in [0.717, 1.165) is 16.3 Å². The van der Waals surface area contributed by atoms with Crippen molar-refractivity contribution in [3.63, 3.8) is 0 Å². The summed E-state index contributed by atoms with van der Waals surface area (Å²) in [5.74, 6) is 1.89. The summed E-state index contributed by atoms with van der Waals surface area (Å²) in [7, 11) is 0. The van der Waals surface area contributed by atoms with Gasteiger partial charge in [0.1, 0.15) is 11.4 Å². The highest BCUT2D eigenvalue weighted by atomic mass is 35.5. The van der Waals surface area contributed by atoms with Crippen molar-refractivity contribution in [2.75, 3.05) is 5.73 Å². The zero-order chi connectivity index (χ0) is 19.2. The summed E-state index contributed by atoms with van der Waals surface area (Å²) in [6.45, 7) is 5.74. The summed E-state index contributed by atoms with van der Waals surface area (Å²) >= 11 is 6.68. The fourth-order valence-electron chi connectivity index (χ4n) is 4.11. The van der Waals surface area contributed by atoms with Crippen LogP contribution in [0.25, 0.3) is 0 Å². The van der Waals surface area contributed by atoms with Crippen LogP contribution in [0.15, 0.2) is 23.2 Å². The zero-order valence-corrected chi connectivity index (χ0v) is 16.8. The lowest BCUT2D eigenvalue weighted by molar-refractivity contribution is 0.171. The van der Waals surface area contributed by atoms with Crippen molar-refractivity contribution in [2.45, 2.75) is 64.4 Å². The molecule has 1 aromatic carbocycles. The maximum atomic E-state index is 6.68. The molecule has 2 N–H and O–H groups in total. The Bertz CT molecular complexity index is 917. The SMILES string of the molecule is Cc1nc(N)c2c(n1)OC(C)(C)C(c1ccc(C3CCCCC3)c(Cl)c1)=N2. The van der Waals surface area contributed by atoms with Gasteiger partial charge in [0.25, 0.3) is 0 Å². The molecule has 5 nitrogen and oxygen atoms in total. The Hall–Kier alpha value is -2.14. The molecule has 1 aliphatic heterocycles. The zero-order valence-electron chi connectivity index (χ0n) is 16.1. The standard InChI is InChI=1S/C21H25ClN4O/c1-12-24-19(23)17-20(25-12)27-21(2,3)18(26-17)14-9-10-15(16(22)11-14)13-7-5-4-6-8-13/h9-11,13H,4-8H2,1-3H3,(H2,23,24,25). The first-order chi connectivity index (χ1) is 12.8. The predicted molar refractivity (Wildman–Crippen MR) is 109 cm³/mol.